The van der Waals surface area contributed by atoms with Crippen molar-refractivity contribution in [3.63, 3.8) is 0 Å². The number of nitrogens with one attached hydrogen (secondary N) is 3. The van der Waals surface area contributed by atoms with E-state index in [1.165, 1.54) is 6.33 Å². The lowest BCUT2D eigenvalue weighted by Crippen LogP contribution is -2.36. The third-order valence-corrected chi connectivity index (χ3v) is 3.59. The minimum Gasteiger partial charge on any atom is -0.352 e. The summed E-state index contributed by atoms with van der Waals surface area (Å²) in [7, 11) is 3.56. The van der Waals surface area contributed by atoms with Gasteiger partial charge in [-0.15, -0.1) is 24.0 Å². The molecule has 0 spiro atoms. The molecule has 8 nitrogen and oxygen atoms in total. The van der Waals surface area contributed by atoms with Crippen LogP contribution in [0.5, 0.6) is 0 Å². The van der Waals surface area contributed by atoms with Crippen LogP contribution in [0.3, 0.4) is 0 Å². The number of amides is 1. The number of rotatable bonds is 7. The molecule has 0 aliphatic rings. The van der Waals surface area contributed by atoms with Crippen molar-refractivity contribution in [3.05, 3.63) is 42.0 Å². The van der Waals surface area contributed by atoms with Crippen LogP contribution in [-0.2, 0) is 24.9 Å². The third-order valence-electron chi connectivity index (χ3n) is 3.59. The van der Waals surface area contributed by atoms with Gasteiger partial charge in [0.05, 0.1) is 6.54 Å². The number of halogens is 1. The number of benzene rings is 1. The van der Waals surface area contributed by atoms with Crippen LogP contribution in [0, 0.1) is 0 Å². The maximum atomic E-state index is 11.7. The van der Waals surface area contributed by atoms with Crippen LogP contribution < -0.4 is 16.0 Å². The molecule has 1 aromatic carbocycles. The van der Waals surface area contributed by atoms with Crippen LogP contribution in [0.4, 0.5) is 5.69 Å². The lowest BCUT2D eigenvalue weighted by molar-refractivity contribution is -0.116. The molecule has 1 aromatic heterocycles. The lowest BCUT2D eigenvalue weighted by Gasteiger charge is -2.12. The van der Waals surface area contributed by atoms with Gasteiger partial charge in [-0.25, -0.2) is 4.98 Å². The number of aromatic nitrogens is 3. The van der Waals surface area contributed by atoms with Gasteiger partial charge in [-0.05, 0) is 24.1 Å². The summed E-state index contributed by atoms with van der Waals surface area (Å²) in [5.74, 6) is 1.53. The van der Waals surface area contributed by atoms with Crippen molar-refractivity contribution in [3.8, 4) is 0 Å². The molecular formula is C17H26IN7O. The number of nitrogens with zero attached hydrogens (tertiary/aromatic N) is 4. The normalized spacial score (nSPS) is 10.8. The fourth-order valence-corrected chi connectivity index (χ4v) is 2.26. The van der Waals surface area contributed by atoms with E-state index in [0.717, 1.165) is 23.5 Å². The minimum absolute atomic E-state index is 0. The van der Waals surface area contributed by atoms with E-state index in [0.29, 0.717) is 25.5 Å². The second-order valence-corrected chi connectivity index (χ2v) is 5.58. The Morgan fingerprint density at radius 3 is 2.69 bits per heavy atom. The quantitative estimate of drug-likeness (QED) is 0.326. The number of guanidine groups is 1. The van der Waals surface area contributed by atoms with Gasteiger partial charge in [0.1, 0.15) is 12.2 Å². The molecule has 0 aliphatic carbocycles. The molecule has 3 N–H and O–H groups in total. The van der Waals surface area contributed by atoms with E-state index >= 15 is 0 Å². The highest BCUT2D eigenvalue weighted by molar-refractivity contribution is 14.0. The van der Waals surface area contributed by atoms with Gasteiger partial charge in [0, 0.05) is 32.7 Å². The van der Waals surface area contributed by atoms with Crippen molar-refractivity contribution < 1.29 is 4.79 Å². The molecule has 2 rings (SSSR count). The highest BCUT2D eigenvalue weighted by Gasteiger charge is 2.04. The molecular weight excluding hydrogens is 445 g/mol. The molecule has 1 heterocycles. The molecule has 0 bridgehead atoms. The Morgan fingerprint density at radius 2 is 2.04 bits per heavy atom. The van der Waals surface area contributed by atoms with Gasteiger partial charge in [0.25, 0.3) is 0 Å². The Kier molecular flexibility index (Phi) is 9.63. The van der Waals surface area contributed by atoms with Gasteiger partial charge in [-0.1, -0.05) is 19.1 Å². The van der Waals surface area contributed by atoms with Crippen molar-refractivity contribution in [1.82, 2.24) is 25.4 Å². The average Bonchev–Trinajstić information content (AvgIpc) is 3.00. The van der Waals surface area contributed by atoms with Crippen LogP contribution in [0.1, 0.15) is 31.2 Å². The van der Waals surface area contributed by atoms with E-state index < -0.39 is 0 Å². The summed E-state index contributed by atoms with van der Waals surface area (Å²) in [5, 5.41) is 13.4. The Balaban J connectivity index is 0.00000338. The number of hydrogen-bond acceptors (Lipinski definition) is 4. The first kappa shape index (κ1) is 21.9. The predicted molar refractivity (Wildman–Crippen MR) is 113 cm³/mol. The Bertz CT molecular complexity index is 729. The summed E-state index contributed by atoms with van der Waals surface area (Å²) in [6.07, 6.45) is 2.88. The first-order valence-corrected chi connectivity index (χ1v) is 8.28. The van der Waals surface area contributed by atoms with E-state index in [4.69, 9.17) is 0 Å². The predicted octanol–water partition coefficient (Wildman–Crippen LogP) is 2.04. The average molecular weight is 471 g/mol. The van der Waals surface area contributed by atoms with Gasteiger partial charge in [0.15, 0.2) is 5.96 Å². The van der Waals surface area contributed by atoms with Crippen molar-refractivity contribution in [2.24, 2.45) is 12.0 Å². The molecule has 9 heteroatoms. The molecule has 0 fully saturated rings. The molecule has 1 amide bonds. The van der Waals surface area contributed by atoms with Crippen LogP contribution in [0.25, 0.3) is 0 Å². The molecule has 0 radical (unpaired) electrons. The minimum atomic E-state index is 0. The number of aryl methyl sites for hydroxylation is 1. The summed E-state index contributed by atoms with van der Waals surface area (Å²) in [4.78, 5) is 20.0. The molecule has 0 saturated carbocycles. The summed E-state index contributed by atoms with van der Waals surface area (Å²) in [6, 6.07) is 7.77. The Labute approximate surface area is 170 Å². The highest BCUT2D eigenvalue weighted by Crippen LogP contribution is 2.11. The monoisotopic (exact) mass is 471 g/mol. The first-order valence-electron chi connectivity index (χ1n) is 8.28. The summed E-state index contributed by atoms with van der Waals surface area (Å²) < 4.78 is 1.71. The molecule has 0 aliphatic heterocycles. The van der Waals surface area contributed by atoms with Crippen molar-refractivity contribution in [2.45, 2.75) is 32.9 Å². The number of aliphatic imine (C=N–C) groups is 1. The Morgan fingerprint density at radius 1 is 1.27 bits per heavy atom. The molecule has 0 atom stereocenters. The van der Waals surface area contributed by atoms with Crippen LogP contribution >= 0.6 is 24.0 Å². The maximum Gasteiger partial charge on any atom is 0.224 e. The fourth-order valence-electron chi connectivity index (χ4n) is 2.26. The first-order chi connectivity index (χ1) is 12.1. The number of carbonyl (C=O) groups is 1. The van der Waals surface area contributed by atoms with Crippen molar-refractivity contribution in [2.75, 3.05) is 12.4 Å². The molecule has 26 heavy (non-hydrogen) atoms. The van der Waals surface area contributed by atoms with Gasteiger partial charge >= 0.3 is 0 Å². The van der Waals surface area contributed by atoms with E-state index in [-0.39, 0.29) is 29.9 Å². The zero-order valence-electron chi connectivity index (χ0n) is 15.3. The van der Waals surface area contributed by atoms with Gasteiger partial charge in [-0.2, -0.15) is 5.10 Å². The van der Waals surface area contributed by atoms with E-state index in [9.17, 15) is 4.79 Å². The second kappa shape index (κ2) is 11.4. The van der Waals surface area contributed by atoms with E-state index in [1.54, 1.807) is 11.7 Å². The van der Waals surface area contributed by atoms with Crippen LogP contribution in [-0.4, -0.2) is 33.7 Å². The summed E-state index contributed by atoms with van der Waals surface area (Å²) >= 11 is 0. The van der Waals surface area contributed by atoms with Gasteiger partial charge in [-0.3, -0.25) is 14.5 Å². The SMILES string of the molecule is CCCC(=O)Nc1cccc(CNC(=NC)NCc2ncnn2C)c1.I. The number of hydrogen-bond donors (Lipinski definition) is 3. The molecule has 0 saturated heterocycles. The summed E-state index contributed by atoms with van der Waals surface area (Å²) in [6.45, 7) is 3.11. The summed E-state index contributed by atoms with van der Waals surface area (Å²) in [5.41, 5.74) is 1.86. The van der Waals surface area contributed by atoms with Crippen LogP contribution in [0.15, 0.2) is 35.6 Å². The van der Waals surface area contributed by atoms with Crippen molar-refractivity contribution >= 4 is 41.5 Å². The van der Waals surface area contributed by atoms with Crippen molar-refractivity contribution in [1.29, 1.82) is 0 Å². The molecule has 0 unspecified atom stereocenters. The standard InChI is InChI=1S/C17H25N7O.HI/c1-4-6-16(25)23-14-8-5-7-13(9-14)10-19-17(18-2)20-11-15-21-12-22-24(15)3;/h5,7-9,12H,4,6,10-11H2,1-3H3,(H,23,25)(H2,18,19,20);1H. The lowest BCUT2D eigenvalue weighted by atomic mass is 10.2. The third kappa shape index (κ3) is 6.98. The van der Waals surface area contributed by atoms with Gasteiger partial charge < -0.3 is 16.0 Å². The van der Waals surface area contributed by atoms with Gasteiger partial charge in [0.2, 0.25) is 5.91 Å². The van der Waals surface area contributed by atoms with E-state index in [2.05, 4.69) is 31.0 Å². The smallest absolute Gasteiger partial charge is 0.224 e. The largest absolute Gasteiger partial charge is 0.352 e. The van der Waals surface area contributed by atoms with E-state index in [1.807, 2.05) is 38.2 Å². The fraction of sp³-hybridized carbons (Fsp3) is 0.412. The van der Waals surface area contributed by atoms with Crippen LogP contribution in [0.2, 0.25) is 0 Å². The number of carbonyl (C=O) groups excluding carboxylic acids is 1. The molecule has 2 aromatic rings. The highest BCUT2D eigenvalue weighted by atomic mass is 127. The second-order valence-electron chi connectivity index (χ2n) is 5.58. The number of anilines is 1. The topological polar surface area (TPSA) is 96.2 Å². The maximum absolute atomic E-state index is 11.7. The molecule has 142 valence electrons. The Hall–Kier alpha value is -2.17. The zero-order valence-corrected chi connectivity index (χ0v) is 17.7. The zero-order chi connectivity index (χ0) is 18.1.